The molecule has 0 heterocycles. The van der Waals surface area contributed by atoms with Crippen molar-refractivity contribution in [1.29, 1.82) is 0 Å². The zero-order valence-corrected chi connectivity index (χ0v) is 17.7. The Morgan fingerprint density at radius 2 is 1.50 bits per heavy atom. The molecule has 0 saturated carbocycles. The quantitative estimate of drug-likeness (QED) is 0.401. The summed E-state index contributed by atoms with van der Waals surface area (Å²) < 4.78 is 68.4. The minimum atomic E-state index is -3.27. The van der Waals surface area contributed by atoms with Crippen LogP contribution >= 0.6 is 0 Å². The fourth-order valence-corrected chi connectivity index (χ4v) is 2.35. The lowest BCUT2D eigenvalue weighted by Crippen LogP contribution is -2.41. The highest BCUT2D eigenvalue weighted by Crippen LogP contribution is 2.30. The number of alkyl halides is 4. The molecule has 0 aliphatic rings. The largest absolute Gasteiger partial charge is 0.469 e. The molecule has 2 N–H and O–H groups in total. The summed E-state index contributed by atoms with van der Waals surface area (Å²) >= 11 is 0. The maximum absolute atomic E-state index is 12.6. The van der Waals surface area contributed by atoms with Gasteiger partial charge in [0.15, 0.2) is 0 Å². The summed E-state index contributed by atoms with van der Waals surface area (Å²) in [7, 11) is 1.08. The lowest BCUT2D eigenvalue weighted by molar-refractivity contribution is -0.141. The molecular weight excluding hydrogens is 444 g/mol. The Kier molecular flexibility index (Phi) is 10.0. The van der Waals surface area contributed by atoms with Crippen molar-refractivity contribution in [3.8, 4) is 11.5 Å². The van der Waals surface area contributed by atoms with Crippen molar-refractivity contribution in [3.05, 3.63) is 23.8 Å². The highest BCUT2D eigenvalue weighted by Gasteiger charge is 2.23. The van der Waals surface area contributed by atoms with E-state index in [1.165, 1.54) is 0 Å². The van der Waals surface area contributed by atoms with Crippen molar-refractivity contribution in [2.75, 3.05) is 13.7 Å². The second-order valence-electron chi connectivity index (χ2n) is 7.25. The van der Waals surface area contributed by atoms with Crippen LogP contribution < -0.4 is 20.1 Å². The van der Waals surface area contributed by atoms with Gasteiger partial charge < -0.3 is 29.6 Å². The fraction of sp³-hybridized carbons (Fsp3) is 0.526. The molecule has 0 aliphatic carbocycles. The van der Waals surface area contributed by atoms with Gasteiger partial charge in [-0.2, -0.15) is 17.6 Å². The van der Waals surface area contributed by atoms with E-state index in [-0.39, 0.29) is 5.56 Å². The second-order valence-corrected chi connectivity index (χ2v) is 7.25. The Balaban J connectivity index is 3.07. The standard InChI is InChI=1S/C19H24F4N2O7/c1-19(2,3)32-18(28)24-9-14(26)25-13(8-15(27)29-4)10-5-11(30-16(20)21)7-12(6-10)31-17(22)23/h5-7,13,16-17H,8-9H2,1-4H3,(H,24,28)(H,25,26)/t13-/m0/s1. The minimum absolute atomic E-state index is 0.0604. The molecule has 32 heavy (non-hydrogen) atoms. The van der Waals surface area contributed by atoms with Crippen LogP contribution in [0.3, 0.4) is 0 Å². The van der Waals surface area contributed by atoms with E-state index in [1.54, 1.807) is 20.8 Å². The van der Waals surface area contributed by atoms with Crippen LogP contribution in [0.1, 0.15) is 38.8 Å². The smallest absolute Gasteiger partial charge is 0.408 e. The molecule has 0 bridgehead atoms. The summed E-state index contributed by atoms with van der Waals surface area (Å²) in [5.41, 5.74) is -0.866. The Bertz CT molecular complexity index is 772. The van der Waals surface area contributed by atoms with Gasteiger partial charge in [-0.25, -0.2) is 4.79 Å². The van der Waals surface area contributed by atoms with Crippen LogP contribution in [0.5, 0.6) is 11.5 Å². The molecule has 0 unspecified atom stereocenters. The monoisotopic (exact) mass is 468 g/mol. The molecule has 180 valence electrons. The number of ether oxygens (including phenoxy) is 4. The molecule has 0 saturated heterocycles. The number of nitrogens with one attached hydrogen (secondary N) is 2. The molecule has 1 rings (SSSR count). The van der Waals surface area contributed by atoms with Crippen molar-refractivity contribution < 1.29 is 50.9 Å². The lowest BCUT2D eigenvalue weighted by Gasteiger charge is -2.21. The lowest BCUT2D eigenvalue weighted by atomic mass is 10.0. The number of carbonyl (C=O) groups excluding carboxylic acids is 3. The second kappa shape index (κ2) is 12.0. The van der Waals surface area contributed by atoms with Gasteiger partial charge >= 0.3 is 25.3 Å². The van der Waals surface area contributed by atoms with Gasteiger partial charge in [0.25, 0.3) is 0 Å². The number of hydrogen-bond acceptors (Lipinski definition) is 7. The van der Waals surface area contributed by atoms with Crippen molar-refractivity contribution in [1.82, 2.24) is 10.6 Å². The topological polar surface area (TPSA) is 112 Å². The third-order valence-corrected chi connectivity index (χ3v) is 3.48. The number of esters is 1. The molecule has 1 aromatic rings. The zero-order chi connectivity index (χ0) is 24.5. The average Bonchev–Trinajstić information content (AvgIpc) is 2.63. The fourth-order valence-electron chi connectivity index (χ4n) is 2.35. The normalized spacial score (nSPS) is 12.2. The number of methoxy groups -OCH3 is 1. The number of amides is 2. The average molecular weight is 468 g/mol. The van der Waals surface area contributed by atoms with Gasteiger partial charge in [0.05, 0.1) is 19.6 Å². The van der Waals surface area contributed by atoms with Crippen LogP contribution in [-0.4, -0.2) is 50.4 Å². The summed E-state index contributed by atoms with van der Waals surface area (Å²) in [6.07, 6.45) is -1.36. The van der Waals surface area contributed by atoms with Crippen molar-refractivity contribution >= 4 is 18.0 Å². The first-order valence-electron chi connectivity index (χ1n) is 9.16. The molecule has 13 heteroatoms. The molecule has 1 atom stereocenters. The highest BCUT2D eigenvalue weighted by molar-refractivity contribution is 5.83. The van der Waals surface area contributed by atoms with Crippen LogP contribution in [0.25, 0.3) is 0 Å². The number of carbonyl (C=O) groups is 3. The predicted octanol–water partition coefficient (Wildman–Crippen LogP) is 3.13. The van der Waals surface area contributed by atoms with Crippen molar-refractivity contribution in [2.45, 2.75) is 52.1 Å². The van der Waals surface area contributed by atoms with Gasteiger partial charge in [0.1, 0.15) is 23.6 Å². The van der Waals surface area contributed by atoms with E-state index >= 15 is 0 Å². The molecule has 2 amide bonds. The van der Waals surface area contributed by atoms with E-state index in [9.17, 15) is 31.9 Å². The van der Waals surface area contributed by atoms with Gasteiger partial charge in [-0.3, -0.25) is 9.59 Å². The van der Waals surface area contributed by atoms with Crippen LogP contribution in [0.15, 0.2) is 18.2 Å². The van der Waals surface area contributed by atoms with Gasteiger partial charge in [-0.15, -0.1) is 0 Å². The Hall–Kier alpha value is -3.25. The van der Waals surface area contributed by atoms with E-state index in [0.717, 1.165) is 25.3 Å². The first kappa shape index (κ1) is 26.8. The van der Waals surface area contributed by atoms with E-state index in [2.05, 4.69) is 24.8 Å². The first-order valence-corrected chi connectivity index (χ1v) is 9.16. The summed E-state index contributed by atoms with van der Waals surface area (Å²) in [6.45, 7) is -2.24. The molecule has 0 aromatic heterocycles. The summed E-state index contributed by atoms with van der Waals surface area (Å²) in [5, 5.41) is 4.58. The molecular formula is C19H24F4N2O7. The number of benzene rings is 1. The third kappa shape index (κ3) is 10.7. The number of alkyl carbamates (subject to hydrolysis) is 1. The molecule has 0 radical (unpaired) electrons. The SMILES string of the molecule is COC(=O)C[C@H](NC(=O)CNC(=O)OC(C)(C)C)c1cc(OC(F)F)cc(OC(F)F)c1. The highest BCUT2D eigenvalue weighted by atomic mass is 19.3. The van der Waals surface area contributed by atoms with Crippen LogP contribution in [0, 0.1) is 0 Å². The van der Waals surface area contributed by atoms with Gasteiger partial charge in [0, 0.05) is 6.07 Å². The van der Waals surface area contributed by atoms with E-state index < -0.39 is 67.3 Å². The molecule has 0 aliphatic heterocycles. The van der Waals surface area contributed by atoms with E-state index in [1.807, 2.05) is 0 Å². The predicted molar refractivity (Wildman–Crippen MR) is 101 cm³/mol. The van der Waals surface area contributed by atoms with Crippen LogP contribution in [-0.2, 0) is 19.1 Å². The Morgan fingerprint density at radius 3 is 1.94 bits per heavy atom. The number of halogens is 4. The summed E-state index contributed by atoms with van der Waals surface area (Å²) in [4.78, 5) is 35.7. The Labute approximate surface area is 181 Å². The van der Waals surface area contributed by atoms with Crippen LogP contribution in [0.4, 0.5) is 22.4 Å². The van der Waals surface area contributed by atoms with Gasteiger partial charge in [-0.05, 0) is 38.5 Å². The number of hydrogen-bond donors (Lipinski definition) is 2. The van der Waals surface area contributed by atoms with E-state index in [0.29, 0.717) is 0 Å². The summed E-state index contributed by atoms with van der Waals surface area (Å²) in [6, 6.07) is 1.61. The maximum atomic E-state index is 12.6. The number of rotatable bonds is 10. The van der Waals surface area contributed by atoms with Gasteiger partial charge in [-0.1, -0.05) is 0 Å². The zero-order valence-electron chi connectivity index (χ0n) is 17.7. The summed E-state index contributed by atoms with van der Waals surface area (Å²) in [5.74, 6) is -2.67. The molecule has 0 fully saturated rings. The Morgan fingerprint density at radius 1 is 0.969 bits per heavy atom. The van der Waals surface area contributed by atoms with Crippen molar-refractivity contribution in [3.63, 3.8) is 0 Å². The third-order valence-electron chi connectivity index (χ3n) is 3.48. The molecule has 0 spiro atoms. The minimum Gasteiger partial charge on any atom is -0.469 e. The van der Waals surface area contributed by atoms with E-state index in [4.69, 9.17) is 4.74 Å². The molecule has 9 nitrogen and oxygen atoms in total. The molecule has 1 aromatic carbocycles. The van der Waals surface area contributed by atoms with Gasteiger partial charge in [0.2, 0.25) is 5.91 Å². The maximum Gasteiger partial charge on any atom is 0.408 e. The van der Waals surface area contributed by atoms with Crippen LogP contribution in [0.2, 0.25) is 0 Å². The first-order chi connectivity index (χ1) is 14.8. The van der Waals surface area contributed by atoms with Crippen molar-refractivity contribution in [2.24, 2.45) is 0 Å².